The molecule has 1 heterocycles. The number of nitrogens with zero attached hydrogens (tertiary/aromatic N) is 2. The van der Waals surface area contributed by atoms with Crippen molar-refractivity contribution in [2.45, 2.75) is 72.0 Å². The molecule has 102 valence electrons. The first-order chi connectivity index (χ1) is 8.47. The van der Waals surface area contributed by atoms with Gasteiger partial charge in [0.1, 0.15) is 0 Å². The molecule has 1 unspecified atom stereocenters. The van der Waals surface area contributed by atoms with Gasteiger partial charge in [0.2, 0.25) is 0 Å². The highest BCUT2D eigenvalue weighted by atomic mass is 15.3. The first-order valence-corrected chi connectivity index (χ1v) is 7.24. The molecule has 1 saturated carbocycles. The van der Waals surface area contributed by atoms with Gasteiger partial charge < -0.3 is 5.32 Å². The first kappa shape index (κ1) is 13.6. The van der Waals surface area contributed by atoms with Crippen molar-refractivity contribution in [1.29, 1.82) is 0 Å². The van der Waals surface area contributed by atoms with Gasteiger partial charge >= 0.3 is 0 Å². The Morgan fingerprint density at radius 1 is 1.39 bits per heavy atom. The fraction of sp³-hybridized carbons (Fsp3) is 0.800. The Labute approximate surface area is 111 Å². The van der Waals surface area contributed by atoms with E-state index in [0.29, 0.717) is 17.5 Å². The highest BCUT2D eigenvalue weighted by Crippen LogP contribution is 2.28. The summed E-state index contributed by atoms with van der Waals surface area (Å²) in [5.74, 6) is 0. The van der Waals surface area contributed by atoms with Crippen LogP contribution in [0.25, 0.3) is 0 Å². The van der Waals surface area contributed by atoms with Crippen LogP contribution in [0, 0.1) is 5.41 Å². The molecule has 1 aliphatic rings. The van der Waals surface area contributed by atoms with E-state index < -0.39 is 0 Å². The van der Waals surface area contributed by atoms with E-state index in [1.165, 1.54) is 25.7 Å². The van der Waals surface area contributed by atoms with E-state index in [-0.39, 0.29) is 0 Å². The lowest BCUT2D eigenvalue weighted by molar-refractivity contribution is 0.284. The largest absolute Gasteiger partial charge is 0.308 e. The quantitative estimate of drug-likeness (QED) is 0.884. The standard InChI is InChI=1S/C15H27N3/c1-12(15(2,3)4)16-11-13-9-10-18(17-13)14-7-5-6-8-14/h9-10,12,14,16H,5-8,11H2,1-4H3. The summed E-state index contributed by atoms with van der Waals surface area (Å²) in [6.07, 6.45) is 7.47. The van der Waals surface area contributed by atoms with Gasteiger partial charge in [-0.2, -0.15) is 5.10 Å². The fourth-order valence-electron chi connectivity index (χ4n) is 2.41. The SMILES string of the molecule is CC(NCc1ccn(C2CCCC2)n1)C(C)(C)C. The monoisotopic (exact) mass is 249 g/mol. The van der Waals surface area contributed by atoms with Crippen molar-refractivity contribution in [2.24, 2.45) is 5.41 Å². The summed E-state index contributed by atoms with van der Waals surface area (Å²) >= 11 is 0. The van der Waals surface area contributed by atoms with Crippen LogP contribution < -0.4 is 5.32 Å². The Bertz CT molecular complexity index is 369. The molecular weight excluding hydrogens is 222 g/mol. The highest BCUT2D eigenvalue weighted by molar-refractivity contribution is 5.00. The predicted octanol–water partition coefficient (Wildman–Crippen LogP) is 3.52. The summed E-state index contributed by atoms with van der Waals surface area (Å²) in [6.45, 7) is 9.91. The van der Waals surface area contributed by atoms with Crippen LogP contribution in [0.3, 0.4) is 0 Å². The Morgan fingerprint density at radius 3 is 2.67 bits per heavy atom. The van der Waals surface area contributed by atoms with Gasteiger partial charge in [0.15, 0.2) is 0 Å². The zero-order valence-electron chi connectivity index (χ0n) is 12.2. The molecule has 3 heteroatoms. The zero-order valence-corrected chi connectivity index (χ0v) is 12.2. The molecule has 1 N–H and O–H groups in total. The average Bonchev–Trinajstić information content (AvgIpc) is 2.94. The van der Waals surface area contributed by atoms with E-state index in [0.717, 1.165) is 12.2 Å². The second-order valence-corrected chi connectivity index (χ2v) is 6.69. The minimum absolute atomic E-state index is 0.300. The smallest absolute Gasteiger partial charge is 0.0762 e. The van der Waals surface area contributed by atoms with Crippen molar-refractivity contribution in [3.05, 3.63) is 18.0 Å². The summed E-state index contributed by atoms with van der Waals surface area (Å²) in [7, 11) is 0. The number of hydrogen-bond donors (Lipinski definition) is 1. The van der Waals surface area contributed by atoms with Gasteiger partial charge in [0.05, 0.1) is 11.7 Å². The van der Waals surface area contributed by atoms with Gasteiger partial charge in [-0.3, -0.25) is 4.68 Å². The third-order valence-electron chi connectivity index (χ3n) is 4.25. The molecule has 0 aliphatic heterocycles. The van der Waals surface area contributed by atoms with Gasteiger partial charge in [0.25, 0.3) is 0 Å². The van der Waals surface area contributed by atoms with Crippen molar-refractivity contribution in [2.75, 3.05) is 0 Å². The predicted molar refractivity (Wildman–Crippen MR) is 75.5 cm³/mol. The van der Waals surface area contributed by atoms with E-state index in [9.17, 15) is 0 Å². The summed E-state index contributed by atoms with van der Waals surface area (Å²) in [5, 5.41) is 8.27. The zero-order chi connectivity index (χ0) is 13.2. The molecule has 18 heavy (non-hydrogen) atoms. The first-order valence-electron chi connectivity index (χ1n) is 7.24. The number of nitrogens with one attached hydrogen (secondary N) is 1. The van der Waals surface area contributed by atoms with Crippen LogP contribution in [-0.2, 0) is 6.54 Å². The molecule has 0 amide bonds. The molecule has 0 aromatic carbocycles. The summed E-state index contributed by atoms with van der Waals surface area (Å²) < 4.78 is 2.17. The van der Waals surface area contributed by atoms with E-state index in [2.05, 4.69) is 50.0 Å². The second-order valence-electron chi connectivity index (χ2n) is 6.69. The van der Waals surface area contributed by atoms with Crippen molar-refractivity contribution in [1.82, 2.24) is 15.1 Å². The lowest BCUT2D eigenvalue weighted by atomic mass is 9.88. The summed E-state index contributed by atoms with van der Waals surface area (Å²) in [4.78, 5) is 0. The van der Waals surface area contributed by atoms with Gasteiger partial charge in [-0.05, 0) is 31.2 Å². The minimum Gasteiger partial charge on any atom is -0.308 e. The topological polar surface area (TPSA) is 29.9 Å². The van der Waals surface area contributed by atoms with Crippen molar-refractivity contribution < 1.29 is 0 Å². The van der Waals surface area contributed by atoms with Crippen LogP contribution in [0.15, 0.2) is 12.3 Å². The fourth-order valence-corrected chi connectivity index (χ4v) is 2.41. The Kier molecular flexibility index (Phi) is 4.10. The lowest BCUT2D eigenvalue weighted by Gasteiger charge is -2.27. The normalized spacial score (nSPS) is 19.3. The number of hydrogen-bond acceptors (Lipinski definition) is 2. The van der Waals surface area contributed by atoms with Crippen LogP contribution in [0.5, 0.6) is 0 Å². The maximum Gasteiger partial charge on any atom is 0.0762 e. The van der Waals surface area contributed by atoms with Gasteiger partial charge in [0, 0.05) is 18.8 Å². The van der Waals surface area contributed by atoms with Crippen LogP contribution in [0.4, 0.5) is 0 Å². The van der Waals surface area contributed by atoms with Gasteiger partial charge in [-0.15, -0.1) is 0 Å². The molecule has 0 radical (unpaired) electrons. The second kappa shape index (κ2) is 5.43. The molecule has 1 atom stereocenters. The number of rotatable bonds is 4. The molecule has 0 saturated heterocycles. The molecule has 3 nitrogen and oxygen atoms in total. The molecule has 1 aromatic rings. The Balaban J connectivity index is 1.87. The van der Waals surface area contributed by atoms with Gasteiger partial charge in [-0.1, -0.05) is 33.6 Å². The van der Waals surface area contributed by atoms with Crippen LogP contribution in [-0.4, -0.2) is 15.8 Å². The minimum atomic E-state index is 0.300. The van der Waals surface area contributed by atoms with Crippen molar-refractivity contribution in [3.8, 4) is 0 Å². The Morgan fingerprint density at radius 2 is 2.06 bits per heavy atom. The molecule has 0 spiro atoms. The molecular formula is C15H27N3. The summed E-state index contributed by atoms with van der Waals surface area (Å²) in [5.41, 5.74) is 1.46. The molecule has 1 aromatic heterocycles. The number of aromatic nitrogens is 2. The van der Waals surface area contributed by atoms with E-state index in [1.54, 1.807) is 0 Å². The van der Waals surface area contributed by atoms with Crippen LogP contribution in [0.2, 0.25) is 0 Å². The van der Waals surface area contributed by atoms with E-state index in [1.807, 2.05) is 0 Å². The molecule has 2 rings (SSSR count). The van der Waals surface area contributed by atoms with Crippen LogP contribution in [0.1, 0.15) is 65.1 Å². The summed E-state index contributed by atoms with van der Waals surface area (Å²) in [6, 6.07) is 3.30. The van der Waals surface area contributed by atoms with E-state index in [4.69, 9.17) is 5.10 Å². The third kappa shape index (κ3) is 3.35. The molecule has 0 bridgehead atoms. The maximum absolute atomic E-state index is 4.70. The maximum atomic E-state index is 4.70. The Hall–Kier alpha value is -0.830. The van der Waals surface area contributed by atoms with Crippen molar-refractivity contribution >= 4 is 0 Å². The molecule has 1 fully saturated rings. The lowest BCUT2D eigenvalue weighted by Crippen LogP contribution is -2.37. The van der Waals surface area contributed by atoms with Crippen LogP contribution >= 0.6 is 0 Å². The van der Waals surface area contributed by atoms with E-state index >= 15 is 0 Å². The third-order valence-corrected chi connectivity index (χ3v) is 4.25. The van der Waals surface area contributed by atoms with Gasteiger partial charge in [-0.25, -0.2) is 0 Å². The molecule has 1 aliphatic carbocycles. The highest BCUT2D eigenvalue weighted by Gasteiger charge is 2.20. The van der Waals surface area contributed by atoms with Crippen molar-refractivity contribution in [3.63, 3.8) is 0 Å². The average molecular weight is 249 g/mol.